The Kier molecular flexibility index (Phi) is 4.22. The molecule has 0 radical (unpaired) electrons. The third-order valence-corrected chi connectivity index (χ3v) is 4.45. The monoisotopic (exact) mass is 329 g/mol. The van der Waals surface area contributed by atoms with E-state index in [-0.39, 0.29) is 11.9 Å². The average Bonchev–Trinajstić information content (AvgIpc) is 2.87. The van der Waals surface area contributed by atoms with Gasteiger partial charge in [-0.25, -0.2) is 4.79 Å². The molecule has 1 aromatic rings. The Morgan fingerprint density at radius 1 is 1.33 bits per heavy atom. The Morgan fingerprint density at radius 3 is 2.75 bits per heavy atom. The van der Waals surface area contributed by atoms with Crippen LogP contribution in [0.15, 0.2) is 35.5 Å². The number of urea groups is 1. The maximum Gasteiger partial charge on any atom is 0.322 e. The van der Waals surface area contributed by atoms with Crippen molar-refractivity contribution in [1.29, 1.82) is 0 Å². The van der Waals surface area contributed by atoms with Gasteiger partial charge in [0.25, 0.3) is 5.91 Å². The number of carbonyl (C=O) groups excluding carboxylic acids is 2. The maximum absolute atomic E-state index is 12.9. The molecule has 24 heavy (non-hydrogen) atoms. The molecule has 0 unspecified atom stereocenters. The summed E-state index contributed by atoms with van der Waals surface area (Å²) in [6.45, 7) is 5.32. The Bertz CT molecular complexity index is 711. The third-order valence-electron chi connectivity index (χ3n) is 4.45. The summed E-state index contributed by atoms with van der Waals surface area (Å²) in [5, 5.41) is 2.94. The topological polar surface area (TPSA) is 61.9 Å². The minimum Gasteiger partial charge on any atom is -0.497 e. The van der Waals surface area contributed by atoms with Gasteiger partial charge in [0.05, 0.1) is 31.0 Å². The molecule has 3 amide bonds. The first kappa shape index (κ1) is 16.4. The summed E-state index contributed by atoms with van der Waals surface area (Å²) < 4.78 is 5.27. The molecule has 0 saturated heterocycles. The van der Waals surface area contributed by atoms with Crippen molar-refractivity contribution in [2.45, 2.75) is 19.9 Å². The van der Waals surface area contributed by atoms with E-state index in [9.17, 15) is 9.59 Å². The van der Waals surface area contributed by atoms with E-state index in [1.54, 1.807) is 19.1 Å². The molecule has 2 aliphatic rings. The zero-order valence-electron chi connectivity index (χ0n) is 14.5. The van der Waals surface area contributed by atoms with E-state index in [0.29, 0.717) is 30.3 Å². The molecule has 2 heterocycles. The predicted molar refractivity (Wildman–Crippen MR) is 90.5 cm³/mol. The zero-order chi connectivity index (χ0) is 17.4. The lowest BCUT2D eigenvalue weighted by Gasteiger charge is -2.31. The van der Waals surface area contributed by atoms with Gasteiger partial charge < -0.3 is 15.0 Å². The normalized spacial score (nSPS) is 20.6. The number of carbonyl (C=O) groups is 2. The fraction of sp³-hybridized carbons (Fsp3) is 0.444. The van der Waals surface area contributed by atoms with Gasteiger partial charge in [-0.1, -0.05) is 26.0 Å². The second kappa shape index (κ2) is 6.19. The molecule has 1 N–H and O–H groups in total. The fourth-order valence-corrected chi connectivity index (χ4v) is 3.28. The molecule has 1 atom stereocenters. The second-order valence-electron chi connectivity index (χ2n) is 6.66. The standard InChI is InChI=1S/C18H23N3O3/c1-11(2)9-21-10-14-15(17(21)22)16(19-18(23)20(14)3)12-6-5-7-13(8-12)24-4/h5-8,11,16H,9-10H2,1-4H3,(H,19,23)/t16-/m0/s1. The molecule has 0 aromatic heterocycles. The largest absolute Gasteiger partial charge is 0.497 e. The summed E-state index contributed by atoms with van der Waals surface area (Å²) in [5.41, 5.74) is 2.30. The SMILES string of the molecule is COc1cccc([C@@H]2NC(=O)N(C)C3=C2C(=O)N(CC(C)C)C3)c1. The van der Waals surface area contributed by atoms with E-state index in [4.69, 9.17) is 4.74 Å². The molecule has 128 valence electrons. The molecule has 1 aromatic carbocycles. The molecule has 0 bridgehead atoms. The van der Waals surface area contributed by atoms with Gasteiger partial charge >= 0.3 is 6.03 Å². The van der Waals surface area contributed by atoms with Crippen molar-refractivity contribution in [3.8, 4) is 5.75 Å². The number of hydrogen-bond acceptors (Lipinski definition) is 3. The van der Waals surface area contributed by atoms with Gasteiger partial charge in [0, 0.05) is 13.6 Å². The highest BCUT2D eigenvalue weighted by Gasteiger charge is 2.42. The van der Waals surface area contributed by atoms with Crippen molar-refractivity contribution in [1.82, 2.24) is 15.1 Å². The fourth-order valence-electron chi connectivity index (χ4n) is 3.28. The van der Waals surface area contributed by atoms with Crippen LogP contribution in [0.5, 0.6) is 5.75 Å². The summed E-state index contributed by atoms with van der Waals surface area (Å²) in [5.74, 6) is 1.07. The van der Waals surface area contributed by atoms with E-state index in [1.807, 2.05) is 29.2 Å². The summed E-state index contributed by atoms with van der Waals surface area (Å²) >= 11 is 0. The highest BCUT2D eigenvalue weighted by atomic mass is 16.5. The molecule has 6 heteroatoms. The van der Waals surface area contributed by atoms with E-state index >= 15 is 0 Å². The van der Waals surface area contributed by atoms with E-state index < -0.39 is 6.04 Å². The lowest BCUT2D eigenvalue weighted by atomic mass is 9.95. The van der Waals surface area contributed by atoms with E-state index in [2.05, 4.69) is 19.2 Å². The van der Waals surface area contributed by atoms with Crippen LogP contribution in [0.3, 0.4) is 0 Å². The van der Waals surface area contributed by atoms with Crippen molar-refractivity contribution in [2.24, 2.45) is 5.92 Å². The Labute approximate surface area is 142 Å². The van der Waals surface area contributed by atoms with Crippen molar-refractivity contribution in [2.75, 3.05) is 27.2 Å². The average molecular weight is 329 g/mol. The Morgan fingerprint density at radius 2 is 2.08 bits per heavy atom. The van der Waals surface area contributed by atoms with Gasteiger partial charge in [-0.3, -0.25) is 9.69 Å². The summed E-state index contributed by atoms with van der Waals surface area (Å²) in [4.78, 5) is 28.6. The van der Waals surface area contributed by atoms with E-state index in [0.717, 1.165) is 11.3 Å². The lowest BCUT2D eigenvalue weighted by molar-refractivity contribution is -0.126. The molecule has 6 nitrogen and oxygen atoms in total. The second-order valence-corrected chi connectivity index (χ2v) is 6.66. The summed E-state index contributed by atoms with van der Waals surface area (Å²) in [6, 6.07) is 6.84. The number of nitrogens with one attached hydrogen (secondary N) is 1. The van der Waals surface area contributed by atoms with Gasteiger partial charge in [-0.2, -0.15) is 0 Å². The molecular weight excluding hydrogens is 306 g/mol. The van der Waals surface area contributed by atoms with Crippen molar-refractivity contribution >= 4 is 11.9 Å². The number of amides is 3. The molecule has 0 fully saturated rings. The van der Waals surface area contributed by atoms with Crippen LogP contribution < -0.4 is 10.1 Å². The van der Waals surface area contributed by atoms with Crippen molar-refractivity contribution in [3.63, 3.8) is 0 Å². The maximum atomic E-state index is 12.9. The highest BCUT2D eigenvalue weighted by Crippen LogP contribution is 2.36. The summed E-state index contributed by atoms with van der Waals surface area (Å²) in [6.07, 6.45) is 0. The van der Waals surface area contributed by atoms with Crippen LogP contribution in [0, 0.1) is 5.92 Å². The van der Waals surface area contributed by atoms with Crippen LogP contribution in [-0.2, 0) is 4.79 Å². The van der Waals surface area contributed by atoms with Crippen LogP contribution in [-0.4, -0.2) is 49.0 Å². The molecule has 3 rings (SSSR count). The van der Waals surface area contributed by atoms with Gasteiger partial charge in [0.1, 0.15) is 5.75 Å². The first-order valence-electron chi connectivity index (χ1n) is 8.13. The van der Waals surface area contributed by atoms with Crippen LogP contribution in [0.4, 0.5) is 4.79 Å². The zero-order valence-corrected chi connectivity index (χ0v) is 14.5. The molecule has 0 aliphatic carbocycles. The van der Waals surface area contributed by atoms with E-state index in [1.165, 1.54) is 0 Å². The predicted octanol–water partition coefficient (Wildman–Crippen LogP) is 2.14. The quantitative estimate of drug-likeness (QED) is 0.920. The first-order chi connectivity index (χ1) is 11.4. The minimum atomic E-state index is -0.441. The third kappa shape index (κ3) is 2.72. The van der Waals surface area contributed by atoms with Gasteiger partial charge in [0.15, 0.2) is 0 Å². The lowest BCUT2D eigenvalue weighted by Crippen LogP contribution is -2.45. The van der Waals surface area contributed by atoms with Gasteiger partial charge in [-0.05, 0) is 23.6 Å². The number of rotatable bonds is 4. The summed E-state index contributed by atoms with van der Waals surface area (Å²) in [7, 11) is 3.31. The molecule has 2 aliphatic heterocycles. The van der Waals surface area contributed by atoms with Crippen molar-refractivity contribution < 1.29 is 14.3 Å². The first-order valence-corrected chi connectivity index (χ1v) is 8.13. The minimum absolute atomic E-state index is 0.00151. The van der Waals surface area contributed by atoms with Crippen LogP contribution in [0.25, 0.3) is 0 Å². The van der Waals surface area contributed by atoms with Crippen LogP contribution in [0.1, 0.15) is 25.5 Å². The number of likely N-dealkylation sites (N-methyl/N-ethyl adjacent to an activating group) is 1. The number of benzene rings is 1. The van der Waals surface area contributed by atoms with Crippen molar-refractivity contribution in [3.05, 3.63) is 41.1 Å². The highest BCUT2D eigenvalue weighted by molar-refractivity contribution is 6.01. The Hall–Kier alpha value is -2.50. The number of methoxy groups -OCH3 is 1. The number of nitrogens with zero attached hydrogens (tertiary/aromatic N) is 2. The Balaban J connectivity index is 2.00. The smallest absolute Gasteiger partial charge is 0.322 e. The van der Waals surface area contributed by atoms with Crippen LogP contribution >= 0.6 is 0 Å². The van der Waals surface area contributed by atoms with Gasteiger partial charge in [-0.15, -0.1) is 0 Å². The van der Waals surface area contributed by atoms with Gasteiger partial charge in [0.2, 0.25) is 0 Å². The molecular formula is C18H23N3O3. The molecule has 0 spiro atoms. The van der Waals surface area contributed by atoms with Crippen LogP contribution in [0.2, 0.25) is 0 Å². The molecule has 0 saturated carbocycles. The number of ether oxygens (including phenoxy) is 1. The number of hydrogen-bond donors (Lipinski definition) is 1.